The van der Waals surface area contributed by atoms with Crippen molar-refractivity contribution in [3.8, 4) is 0 Å². The lowest BCUT2D eigenvalue weighted by Gasteiger charge is -2.28. The van der Waals surface area contributed by atoms with Gasteiger partial charge in [0.05, 0.1) is 0 Å². The Hall–Kier alpha value is -0.860. The van der Waals surface area contributed by atoms with Crippen molar-refractivity contribution in [3.05, 3.63) is 35.4 Å². The number of hydrogen-bond donors (Lipinski definition) is 2. The van der Waals surface area contributed by atoms with E-state index in [1.54, 1.807) is 0 Å². The third kappa shape index (κ3) is 2.32. The van der Waals surface area contributed by atoms with Crippen LogP contribution in [0.3, 0.4) is 0 Å². The van der Waals surface area contributed by atoms with Crippen LogP contribution in [0, 0.1) is 11.3 Å². The van der Waals surface area contributed by atoms with Gasteiger partial charge in [0.1, 0.15) is 0 Å². The first kappa shape index (κ1) is 11.9. The minimum atomic E-state index is 0.514. The van der Waals surface area contributed by atoms with Crippen molar-refractivity contribution in [2.45, 2.75) is 38.1 Å². The van der Waals surface area contributed by atoms with Gasteiger partial charge in [-0.05, 0) is 61.1 Å². The molecular formula is C17H24N2. The van der Waals surface area contributed by atoms with E-state index in [0.29, 0.717) is 11.5 Å². The molecule has 19 heavy (non-hydrogen) atoms. The van der Waals surface area contributed by atoms with Gasteiger partial charge in [0.2, 0.25) is 0 Å². The zero-order valence-corrected chi connectivity index (χ0v) is 11.6. The molecule has 0 bridgehead atoms. The topological polar surface area (TPSA) is 24.1 Å². The summed E-state index contributed by atoms with van der Waals surface area (Å²) in [7, 11) is 0. The molecule has 2 fully saturated rings. The third-order valence-electron chi connectivity index (χ3n) is 5.38. The van der Waals surface area contributed by atoms with E-state index in [1.165, 1.54) is 49.8 Å². The molecule has 1 heterocycles. The minimum absolute atomic E-state index is 0.514. The molecular weight excluding hydrogens is 232 g/mol. The average Bonchev–Trinajstić information content (AvgIpc) is 3.32. The molecule has 1 aliphatic heterocycles. The van der Waals surface area contributed by atoms with Gasteiger partial charge in [-0.15, -0.1) is 0 Å². The average molecular weight is 256 g/mol. The van der Waals surface area contributed by atoms with Gasteiger partial charge in [-0.1, -0.05) is 24.3 Å². The Morgan fingerprint density at radius 2 is 2.05 bits per heavy atom. The van der Waals surface area contributed by atoms with E-state index in [4.69, 9.17) is 0 Å². The Bertz CT molecular complexity index is 460. The normalized spacial score (nSPS) is 27.9. The van der Waals surface area contributed by atoms with Gasteiger partial charge in [0.25, 0.3) is 0 Å². The molecule has 0 radical (unpaired) electrons. The van der Waals surface area contributed by atoms with E-state index in [0.717, 1.165) is 19.0 Å². The molecule has 1 aromatic rings. The monoisotopic (exact) mass is 256 g/mol. The fraction of sp³-hybridized carbons (Fsp3) is 0.647. The van der Waals surface area contributed by atoms with Crippen LogP contribution in [0.4, 0.5) is 0 Å². The maximum absolute atomic E-state index is 3.76. The highest BCUT2D eigenvalue weighted by atomic mass is 15.0. The molecule has 2 N–H and O–H groups in total. The first-order valence-corrected chi connectivity index (χ1v) is 7.89. The molecule has 3 aliphatic rings. The fourth-order valence-corrected chi connectivity index (χ4v) is 3.83. The van der Waals surface area contributed by atoms with Crippen molar-refractivity contribution >= 4 is 0 Å². The van der Waals surface area contributed by atoms with Gasteiger partial charge in [0.15, 0.2) is 0 Å². The molecule has 2 aliphatic carbocycles. The highest BCUT2D eigenvalue weighted by Gasteiger charge is 2.53. The summed E-state index contributed by atoms with van der Waals surface area (Å²) in [5.74, 6) is 1.06. The maximum Gasteiger partial charge on any atom is 0.0449 e. The molecule has 0 saturated heterocycles. The van der Waals surface area contributed by atoms with E-state index in [2.05, 4.69) is 34.9 Å². The Kier molecular flexibility index (Phi) is 2.89. The molecule has 0 amide bonds. The lowest BCUT2D eigenvalue weighted by Crippen LogP contribution is -2.38. The summed E-state index contributed by atoms with van der Waals surface area (Å²) in [5, 5.41) is 7.42. The van der Waals surface area contributed by atoms with Crippen LogP contribution in [0.2, 0.25) is 0 Å². The van der Waals surface area contributed by atoms with E-state index in [1.807, 2.05) is 0 Å². The van der Waals surface area contributed by atoms with E-state index in [9.17, 15) is 0 Å². The predicted octanol–water partition coefficient (Wildman–Crippen LogP) is 2.65. The second-order valence-electron chi connectivity index (χ2n) is 6.72. The van der Waals surface area contributed by atoms with E-state index < -0.39 is 0 Å². The van der Waals surface area contributed by atoms with Crippen LogP contribution in [0.5, 0.6) is 0 Å². The van der Waals surface area contributed by atoms with Crippen molar-refractivity contribution in [1.82, 2.24) is 10.6 Å². The Labute approximate surface area is 116 Å². The van der Waals surface area contributed by atoms with Crippen LogP contribution in [0.1, 0.15) is 42.9 Å². The minimum Gasteiger partial charge on any atom is -0.314 e. The van der Waals surface area contributed by atoms with Crippen molar-refractivity contribution in [2.75, 3.05) is 19.6 Å². The lowest BCUT2D eigenvalue weighted by molar-refractivity contribution is 0.380. The van der Waals surface area contributed by atoms with E-state index in [-0.39, 0.29) is 0 Å². The Balaban J connectivity index is 1.36. The lowest BCUT2D eigenvalue weighted by atomic mass is 9.94. The number of hydrogen-bond acceptors (Lipinski definition) is 2. The smallest absolute Gasteiger partial charge is 0.0449 e. The van der Waals surface area contributed by atoms with E-state index >= 15 is 0 Å². The summed E-state index contributed by atoms with van der Waals surface area (Å²) in [6, 6.07) is 9.43. The number of benzene rings is 1. The summed E-state index contributed by atoms with van der Waals surface area (Å²) < 4.78 is 0. The molecule has 2 nitrogen and oxygen atoms in total. The quantitative estimate of drug-likeness (QED) is 0.846. The largest absolute Gasteiger partial charge is 0.314 e. The Morgan fingerprint density at radius 3 is 2.84 bits per heavy atom. The maximum atomic E-state index is 3.76. The van der Waals surface area contributed by atoms with Crippen LogP contribution in [0.15, 0.2) is 24.3 Å². The summed E-state index contributed by atoms with van der Waals surface area (Å²) >= 11 is 0. The molecule has 102 valence electrons. The van der Waals surface area contributed by atoms with Crippen molar-refractivity contribution in [3.63, 3.8) is 0 Å². The number of rotatable bonds is 5. The summed E-state index contributed by atoms with van der Waals surface area (Å²) in [5.41, 5.74) is 3.77. The molecule has 0 aromatic heterocycles. The summed E-state index contributed by atoms with van der Waals surface area (Å²) in [6.07, 6.45) is 7.11. The van der Waals surface area contributed by atoms with Gasteiger partial charge in [-0.3, -0.25) is 0 Å². The molecule has 0 spiro atoms. The number of nitrogens with one attached hydrogen (secondary N) is 2. The highest BCUT2D eigenvalue weighted by Crippen LogP contribution is 2.60. The molecule has 1 aromatic carbocycles. The summed E-state index contributed by atoms with van der Waals surface area (Å²) in [6.45, 7) is 3.46. The highest BCUT2D eigenvalue weighted by molar-refractivity contribution is 5.32. The van der Waals surface area contributed by atoms with Crippen molar-refractivity contribution in [1.29, 1.82) is 0 Å². The van der Waals surface area contributed by atoms with Crippen LogP contribution in [0.25, 0.3) is 0 Å². The SMILES string of the molecule is c1ccc2c(c1)CCNC2CNCC1(C2CC2)CC1. The first-order valence-electron chi connectivity index (χ1n) is 7.89. The first-order chi connectivity index (χ1) is 9.37. The molecule has 1 unspecified atom stereocenters. The molecule has 4 rings (SSSR count). The van der Waals surface area contributed by atoms with Gasteiger partial charge in [-0.25, -0.2) is 0 Å². The predicted molar refractivity (Wildman–Crippen MR) is 78.2 cm³/mol. The van der Waals surface area contributed by atoms with Crippen LogP contribution in [-0.2, 0) is 6.42 Å². The van der Waals surface area contributed by atoms with Crippen molar-refractivity contribution in [2.24, 2.45) is 11.3 Å². The van der Waals surface area contributed by atoms with Crippen LogP contribution < -0.4 is 10.6 Å². The third-order valence-corrected chi connectivity index (χ3v) is 5.38. The standard InChI is InChI=1S/C17H24N2/c1-2-4-15-13(3-1)7-10-19-16(15)11-18-12-17(8-9-17)14-5-6-14/h1-4,14,16,18-19H,5-12H2. The van der Waals surface area contributed by atoms with Gasteiger partial charge >= 0.3 is 0 Å². The van der Waals surface area contributed by atoms with Gasteiger partial charge < -0.3 is 10.6 Å². The Morgan fingerprint density at radius 1 is 1.21 bits per heavy atom. The molecule has 1 atom stereocenters. The molecule has 2 saturated carbocycles. The zero-order chi connectivity index (χ0) is 12.7. The summed E-state index contributed by atoms with van der Waals surface area (Å²) in [4.78, 5) is 0. The second kappa shape index (κ2) is 4.60. The zero-order valence-electron chi connectivity index (χ0n) is 11.6. The van der Waals surface area contributed by atoms with Crippen molar-refractivity contribution < 1.29 is 0 Å². The van der Waals surface area contributed by atoms with Crippen LogP contribution >= 0.6 is 0 Å². The number of fused-ring (bicyclic) bond motifs is 1. The van der Waals surface area contributed by atoms with Gasteiger partial charge in [-0.2, -0.15) is 0 Å². The van der Waals surface area contributed by atoms with Crippen LogP contribution in [-0.4, -0.2) is 19.6 Å². The van der Waals surface area contributed by atoms with Gasteiger partial charge in [0, 0.05) is 19.1 Å². The second-order valence-corrected chi connectivity index (χ2v) is 6.72. The fourth-order valence-electron chi connectivity index (χ4n) is 3.83. The molecule has 2 heteroatoms.